The number of hydrogen-bond donors (Lipinski definition) is 0. The molecule has 1 amide bonds. The summed E-state index contributed by atoms with van der Waals surface area (Å²) in [5.74, 6) is -0.382. The highest BCUT2D eigenvalue weighted by Crippen LogP contribution is 2.13. The van der Waals surface area contributed by atoms with E-state index in [0.29, 0.717) is 13.0 Å². The Bertz CT molecular complexity index is 439. The van der Waals surface area contributed by atoms with Gasteiger partial charge in [0.25, 0.3) is 0 Å². The van der Waals surface area contributed by atoms with Crippen LogP contribution < -0.4 is 0 Å². The number of likely N-dealkylation sites (N-methyl/N-ethyl adjacent to an activating group) is 1. The summed E-state index contributed by atoms with van der Waals surface area (Å²) in [6.45, 7) is 8.18. The van der Waals surface area contributed by atoms with Crippen molar-refractivity contribution < 1.29 is 19.1 Å². The van der Waals surface area contributed by atoms with Gasteiger partial charge in [-0.15, -0.1) is 6.58 Å². The highest BCUT2D eigenvalue weighted by Gasteiger charge is 2.24. The number of carbonyl (C=O) groups is 2. The minimum Gasteiger partial charge on any atom is -0.464 e. The summed E-state index contributed by atoms with van der Waals surface area (Å²) in [6.07, 6.45) is 19.9. The average Bonchev–Trinajstić information content (AvgIpc) is 2.75. The molecule has 1 unspecified atom stereocenters. The van der Waals surface area contributed by atoms with E-state index in [1.807, 2.05) is 0 Å². The number of rotatable bonds is 20. The third-order valence-corrected chi connectivity index (χ3v) is 5.50. The summed E-state index contributed by atoms with van der Waals surface area (Å²) in [4.78, 5) is 25.2. The molecule has 0 saturated carbocycles. The van der Waals surface area contributed by atoms with Crippen molar-refractivity contribution >= 4 is 12.1 Å². The van der Waals surface area contributed by atoms with Crippen molar-refractivity contribution in [1.82, 2.24) is 4.90 Å². The summed E-state index contributed by atoms with van der Waals surface area (Å²) in [5.41, 5.74) is 0. The first-order valence-electron chi connectivity index (χ1n) is 12.2. The molecule has 0 rings (SSSR count). The van der Waals surface area contributed by atoms with Crippen LogP contribution in [0, 0.1) is 0 Å². The Morgan fingerprint density at radius 2 is 1.27 bits per heavy atom. The summed E-state index contributed by atoms with van der Waals surface area (Å²) >= 11 is 0. The van der Waals surface area contributed by atoms with Crippen LogP contribution in [0.15, 0.2) is 12.7 Å². The SMILES string of the molecule is C=CCCOC(=O)N(C)C(C)C(=O)OCCCCCCCCCCCCCCCC. The van der Waals surface area contributed by atoms with Gasteiger partial charge in [-0.05, 0) is 19.8 Å². The molecule has 0 aromatic rings. The van der Waals surface area contributed by atoms with Gasteiger partial charge in [0.15, 0.2) is 0 Å². The van der Waals surface area contributed by atoms with Crippen molar-refractivity contribution in [2.75, 3.05) is 20.3 Å². The summed E-state index contributed by atoms with van der Waals surface area (Å²) in [7, 11) is 1.55. The molecule has 0 aromatic carbocycles. The van der Waals surface area contributed by atoms with E-state index in [2.05, 4.69) is 13.5 Å². The zero-order valence-electron chi connectivity index (χ0n) is 20.0. The maximum atomic E-state index is 12.1. The first-order chi connectivity index (χ1) is 14.5. The highest BCUT2D eigenvalue weighted by atomic mass is 16.6. The van der Waals surface area contributed by atoms with Gasteiger partial charge < -0.3 is 9.47 Å². The third kappa shape index (κ3) is 16.3. The van der Waals surface area contributed by atoms with Crippen molar-refractivity contribution in [3.63, 3.8) is 0 Å². The number of hydrogen-bond acceptors (Lipinski definition) is 4. The fourth-order valence-electron chi connectivity index (χ4n) is 3.24. The van der Waals surface area contributed by atoms with Gasteiger partial charge in [-0.3, -0.25) is 4.90 Å². The zero-order chi connectivity index (χ0) is 22.5. The van der Waals surface area contributed by atoms with E-state index >= 15 is 0 Å². The van der Waals surface area contributed by atoms with E-state index in [1.165, 1.54) is 81.9 Å². The van der Waals surface area contributed by atoms with Crippen LogP contribution in [0.2, 0.25) is 0 Å². The summed E-state index contributed by atoms with van der Waals surface area (Å²) in [6, 6.07) is -0.645. The molecule has 5 nitrogen and oxygen atoms in total. The predicted molar refractivity (Wildman–Crippen MR) is 125 cm³/mol. The third-order valence-electron chi connectivity index (χ3n) is 5.50. The van der Waals surface area contributed by atoms with E-state index in [4.69, 9.17) is 9.47 Å². The molecule has 0 heterocycles. The smallest absolute Gasteiger partial charge is 0.410 e. The first-order valence-corrected chi connectivity index (χ1v) is 12.2. The molecule has 0 N–H and O–H groups in total. The van der Waals surface area contributed by atoms with Gasteiger partial charge in [0, 0.05) is 7.05 Å². The molecular weight excluding hydrogens is 378 g/mol. The molecule has 5 heteroatoms. The van der Waals surface area contributed by atoms with E-state index < -0.39 is 12.1 Å². The van der Waals surface area contributed by atoms with Crippen LogP contribution in [-0.2, 0) is 14.3 Å². The van der Waals surface area contributed by atoms with Crippen LogP contribution in [0.3, 0.4) is 0 Å². The molecule has 0 spiro atoms. The standard InChI is InChI=1S/C25H47NO4/c1-5-7-9-10-11-12-13-14-15-16-17-18-19-20-22-29-24(27)23(3)26(4)25(28)30-21-8-6-2/h6,23H,2,5,7-22H2,1,3-4H3. The Morgan fingerprint density at radius 3 is 1.73 bits per heavy atom. The Labute approximate surface area is 185 Å². The van der Waals surface area contributed by atoms with Gasteiger partial charge in [-0.1, -0.05) is 96.5 Å². The second kappa shape index (κ2) is 20.7. The molecule has 0 aliphatic carbocycles. The normalized spacial score (nSPS) is 11.7. The Morgan fingerprint density at radius 1 is 0.800 bits per heavy atom. The highest BCUT2D eigenvalue weighted by molar-refractivity contribution is 5.80. The van der Waals surface area contributed by atoms with Crippen molar-refractivity contribution in [2.45, 2.75) is 116 Å². The number of esters is 1. The van der Waals surface area contributed by atoms with Crippen LogP contribution >= 0.6 is 0 Å². The molecule has 30 heavy (non-hydrogen) atoms. The molecule has 0 saturated heterocycles. The Hall–Kier alpha value is -1.52. The topological polar surface area (TPSA) is 55.8 Å². The second-order valence-electron chi connectivity index (χ2n) is 8.24. The van der Waals surface area contributed by atoms with E-state index in [0.717, 1.165) is 12.8 Å². The second-order valence-corrected chi connectivity index (χ2v) is 8.24. The minimum absolute atomic E-state index is 0.271. The van der Waals surface area contributed by atoms with Crippen molar-refractivity contribution in [1.29, 1.82) is 0 Å². The lowest BCUT2D eigenvalue weighted by Crippen LogP contribution is -2.41. The molecule has 0 radical (unpaired) electrons. The largest absolute Gasteiger partial charge is 0.464 e. The molecule has 176 valence electrons. The molecule has 0 aromatic heterocycles. The fraction of sp³-hybridized carbons (Fsp3) is 0.840. The average molecular weight is 426 g/mol. The molecule has 0 aliphatic heterocycles. The lowest BCUT2D eigenvalue weighted by Gasteiger charge is -2.22. The van der Waals surface area contributed by atoms with E-state index in [1.54, 1.807) is 20.0 Å². The Balaban J connectivity index is 3.51. The lowest BCUT2D eigenvalue weighted by molar-refractivity contribution is -0.148. The van der Waals surface area contributed by atoms with Crippen molar-refractivity contribution in [3.8, 4) is 0 Å². The van der Waals surface area contributed by atoms with Gasteiger partial charge in [-0.25, -0.2) is 9.59 Å². The maximum absolute atomic E-state index is 12.1. The number of unbranched alkanes of at least 4 members (excludes halogenated alkanes) is 13. The van der Waals surface area contributed by atoms with Gasteiger partial charge in [0.05, 0.1) is 13.2 Å². The molecule has 0 aliphatic rings. The van der Waals surface area contributed by atoms with E-state index in [9.17, 15) is 9.59 Å². The lowest BCUT2D eigenvalue weighted by atomic mass is 10.0. The van der Waals surface area contributed by atoms with Crippen LogP contribution in [-0.4, -0.2) is 43.3 Å². The predicted octanol–water partition coefficient (Wildman–Crippen LogP) is 7.04. The molecule has 0 fully saturated rings. The summed E-state index contributed by atoms with van der Waals surface area (Å²) in [5, 5.41) is 0. The summed E-state index contributed by atoms with van der Waals surface area (Å²) < 4.78 is 10.4. The van der Waals surface area contributed by atoms with Gasteiger partial charge in [0.2, 0.25) is 0 Å². The van der Waals surface area contributed by atoms with Crippen LogP contribution in [0.5, 0.6) is 0 Å². The number of ether oxygens (including phenoxy) is 2. The quantitative estimate of drug-likeness (QED) is 0.119. The maximum Gasteiger partial charge on any atom is 0.410 e. The monoisotopic (exact) mass is 425 g/mol. The minimum atomic E-state index is -0.645. The Kier molecular flexibility index (Phi) is 19.7. The number of carbonyl (C=O) groups excluding carboxylic acids is 2. The van der Waals surface area contributed by atoms with Crippen LogP contribution in [0.4, 0.5) is 4.79 Å². The zero-order valence-corrected chi connectivity index (χ0v) is 20.0. The van der Waals surface area contributed by atoms with Crippen molar-refractivity contribution in [2.24, 2.45) is 0 Å². The van der Waals surface area contributed by atoms with Crippen molar-refractivity contribution in [3.05, 3.63) is 12.7 Å². The number of amides is 1. The van der Waals surface area contributed by atoms with E-state index in [-0.39, 0.29) is 12.6 Å². The van der Waals surface area contributed by atoms with Crippen LogP contribution in [0.25, 0.3) is 0 Å². The fourth-order valence-corrected chi connectivity index (χ4v) is 3.24. The van der Waals surface area contributed by atoms with Crippen LogP contribution in [0.1, 0.15) is 110 Å². The molecule has 0 bridgehead atoms. The number of nitrogens with zero attached hydrogens (tertiary/aromatic N) is 1. The molecule has 1 atom stereocenters. The molecular formula is C25H47NO4. The van der Waals surface area contributed by atoms with Gasteiger partial charge in [-0.2, -0.15) is 0 Å². The first kappa shape index (κ1) is 28.5. The van der Waals surface area contributed by atoms with Gasteiger partial charge in [0.1, 0.15) is 6.04 Å². The van der Waals surface area contributed by atoms with Gasteiger partial charge >= 0.3 is 12.1 Å².